The smallest absolute Gasteiger partial charge is 0.252 e. The molecule has 0 spiro atoms. The molecule has 1 aliphatic carbocycles. The number of rotatable bonds is 5. The van der Waals surface area contributed by atoms with Crippen LogP contribution in [0.5, 0.6) is 0 Å². The lowest BCUT2D eigenvalue weighted by molar-refractivity contribution is 0.0942. The van der Waals surface area contributed by atoms with Gasteiger partial charge in [0.1, 0.15) is 5.82 Å². The van der Waals surface area contributed by atoms with Crippen molar-refractivity contribution >= 4 is 43.6 Å². The molecule has 4 aromatic rings. The topological polar surface area (TPSA) is 83.8 Å². The Morgan fingerprint density at radius 1 is 1.15 bits per heavy atom. The fourth-order valence-electron chi connectivity index (χ4n) is 4.97. The van der Waals surface area contributed by atoms with Crippen molar-refractivity contribution < 1.29 is 9.18 Å². The molecule has 1 aliphatic rings. The van der Waals surface area contributed by atoms with Gasteiger partial charge >= 0.3 is 0 Å². The molecule has 33 heavy (non-hydrogen) atoms. The number of hydrogen-bond acceptors (Lipinski definition) is 3. The lowest BCUT2D eigenvalue weighted by Gasteiger charge is -2.28. The number of carbonyl (C=O) groups is 1. The van der Waals surface area contributed by atoms with E-state index in [1.54, 1.807) is 6.07 Å². The molecular formula is C26H26BrFN4O. The van der Waals surface area contributed by atoms with Crippen molar-refractivity contribution in [2.24, 2.45) is 17.6 Å². The normalized spacial score (nSPS) is 18.6. The zero-order valence-electron chi connectivity index (χ0n) is 18.2. The van der Waals surface area contributed by atoms with Crippen molar-refractivity contribution in [3.63, 3.8) is 0 Å². The number of halogens is 2. The number of fused-ring (bicyclic) bond motifs is 2. The first kappa shape index (κ1) is 22.0. The van der Waals surface area contributed by atoms with Gasteiger partial charge in [-0.2, -0.15) is 0 Å². The standard InChI is InChI=1S/C26H26BrFN4O/c27-17-4-7-23-20(9-17)22(14-30-23)25-11-21(19-6-5-18(28)10-24(19)32-25)26(33)31-13-16-3-1-2-15(8-16)12-29/h4-7,9-11,14-16,30H,1-3,8,12-13,29H2,(H,31,33). The number of benzene rings is 2. The Bertz CT molecular complexity index is 1330. The van der Waals surface area contributed by atoms with Gasteiger partial charge in [0.25, 0.3) is 5.91 Å². The molecule has 2 aromatic carbocycles. The highest BCUT2D eigenvalue weighted by molar-refractivity contribution is 9.10. The van der Waals surface area contributed by atoms with Crippen molar-refractivity contribution in [2.75, 3.05) is 13.1 Å². The fraction of sp³-hybridized carbons (Fsp3) is 0.308. The van der Waals surface area contributed by atoms with Crippen molar-refractivity contribution in [1.82, 2.24) is 15.3 Å². The summed E-state index contributed by atoms with van der Waals surface area (Å²) >= 11 is 3.52. The summed E-state index contributed by atoms with van der Waals surface area (Å²) in [5.74, 6) is 0.437. The lowest BCUT2D eigenvalue weighted by Crippen LogP contribution is -2.33. The summed E-state index contributed by atoms with van der Waals surface area (Å²) in [6.45, 7) is 1.32. The number of hydrogen-bond donors (Lipinski definition) is 3. The summed E-state index contributed by atoms with van der Waals surface area (Å²) < 4.78 is 15.0. The molecule has 1 fully saturated rings. The maximum atomic E-state index is 14.0. The van der Waals surface area contributed by atoms with E-state index in [9.17, 15) is 9.18 Å². The summed E-state index contributed by atoms with van der Waals surface area (Å²) in [4.78, 5) is 21.3. The summed E-state index contributed by atoms with van der Waals surface area (Å²) in [7, 11) is 0. The van der Waals surface area contributed by atoms with E-state index in [2.05, 4.69) is 26.2 Å². The van der Waals surface area contributed by atoms with Gasteiger partial charge in [-0.05, 0) is 74.0 Å². The van der Waals surface area contributed by atoms with Gasteiger partial charge < -0.3 is 16.0 Å². The van der Waals surface area contributed by atoms with Crippen molar-refractivity contribution in [3.8, 4) is 11.3 Å². The minimum atomic E-state index is -0.379. The molecule has 2 aromatic heterocycles. The van der Waals surface area contributed by atoms with Crippen LogP contribution in [0.3, 0.4) is 0 Å². The molecule has 1 saturated carbocycles. The quantitative estimate of drug-likeness (QED) is 0.319. The number of H-pyrrole nitrogens is 1. The van der Waals surface area contributed by atoms with Crippen LogP contribution in [-0.2, 0) is 0 Å². The second kappa shape index (κ2) is 9.23. The molecule has 5 rings (SSSR count). The van der Waals surface area contributed by atoms with Crippen LogP contribution < -0.4 is 11.1 Å². The Balaban J connectivity index is 1.51. The number of pyridine rings is 1. The van der Waals surface area contributed by atoms with Gasteiger partial charge in [-0.1, -0.05) is 22.4 Å². The van der Waals surface area contributed by atoms with Gasteiger partial charge in [0.15, 0.2) is 0 Å². The Kier molecular flexibility index (Phi) is 6.17. The molecule has 7 heteroatoms. The van der Waals surface area contributed by atoms with Gasteiger partial charge in [0.2, 0.25) is 0 Å². The maximum absolute atomic E-state index is 14.0. The Hall–Kier alpha value is -2.77. The largest absolute Gasteiger partial charge is 0.360 e. The van der Waals surface area contributed by atoms with Crippen LogP contribution >= 0.6 is 15.9 Å². The molecule has 2 unspecified atom stereocenters. The van der Waals surface area contributed by atoms with Crippen LogP contribution in [0.4, 0.5) is 4.39 Å². The average molecular weight is 509 g/mol. The van der Waals surface area contributed by atoms with Crippen LogP contribution in [0.15, 0.2) is 53.1 Å². The van der Waals surface area contributed by atoms with Crippen LogP contribution in [0.2, 0.25) is 0 Å². The first-order chi connectivity index (χ1) is 16.0. The van der Waals surface area contributed by atoms with Crippen LogP contribution in [0.25, 0.3) is 33.1 Å². The maximum Gasteiger partial charge on any atom is 0.252 e. The van der Waals surface area contributed by atoms with Crippen molar-refractivity contribution in [2.45, 2.75) is 25.7 Å². The van der Waals surface area contributed by atoms with E-state index in [4.69, 9.17) is 10.7 Å². The van der Waals surface area contributed by atoms with Gasteiger partial charge in [-0.3, -0.25) is 4.79 Å². The summed E-state index contributed by atoms with van der Waals surface area (Å²) in [5, 5.41) is 4.74. The molecule has 1 amide bonds. The first-order valence-corrected chi connectivity index (χ1v) is 12.2. The van der Waals surface area contributed by atoms with Gasteiger partial charge in [-0.25, -0.2) is 9.37 Å². The minimum Gasteiger partial charge on any atom is -0.360 e. The highest BCUT2D eigenvalue weighted by Crippen LogP contribution is 2.33. The molecule has 170 valence electrons. The van der Waals surface area contributed by atoms with Crippen LogP contribution in [0, 0.1) is 17.7 Å². The monoisotopic (exact) mass is 508 g/mol. The number of nitrogens with one attached hydrogen (secondary N) is 2. The van der Waals surface area contributed by atoms with E-state index in [0.717, 1.165) is 40.2 Å². The number of carbonyl (C=O) groups excluding carboxylic acids is 1. The minimum absolute atomic E-state index is 0.161. The zero-order valence-corrected chi connectivity index (χ0v) is 19.8. The fourth-order valence-corrected chi connectivity index (χ4v) is 5.33. The van der Waals surface area contributed by atoms with Crippen LogP contribution in [0.1, 0.15) is 36.0 Å². The zero-order chi connectivity index (χ0) is 22.9. The molecular weight excluding hydrogens is 483 g/mol. The van der Waals surface area contributed by atoms with E-state index < -0.39 is 0 Å². The van der Waals surface area contributed by atoms with E-state index in [1.807, 2.05) is 30.5 Å². The molecule has 0 aliphatic heterocycles. The average Bonchev–Trinajstić information content (AvgIpc) is 3.24. The number of amides is 1. The second-order valence-electron chi connectivity index (χ2n) is 8.95. The van der Waals surface area contributed by atoms with Gasteiger partial charge in [0.05, 0.1) is 16.8 Å². The lowest BCUT2D eigenvalue weighted by atomic mass is 9.81. The molecule has 4 N–H and O–H groups in total. The summed E-state index contributed by atoms with van der Waals surface area (Å²) in [5.41, 5.74) is 9.29. The number of nitrogens with two attached hydrogens (primary N) is 1. The van der Waals surface area contributed by atoms with E-state index >= 15 is 0 Å². The Morgan fingerprint density at radius 2 is 2.00 bits per heavy atom. The number of aromatic nitrogens is 2. The highest BCUT2D eigenvalue weighted by Gasteiger charge is 2.22. The predicted molar refractivity (Wildman–Crippen MR) is 134 cm³/mol. The summed E-state index contributed by atoms with van der Waals surface area (Å²) in [6, 6.07) is 12.1. The first-order valence-electron chi connectivity index (χ1n) is 11.4. The van der Waals surface area contributed by atoms with E-state index in [-0.39, 0.29) is 11.7 Å². The third-order valence-electron chi connectivity index (χ3n) is 6.71. The predicted octanol–water partition coefficient (Wildman–Crippen LogP) is 5.78. The molecule has 0 bridgehead atoms. The van der Waals surface area contributed by atoms with E-state index in [1.165, 1.54) is 18.6 Å². The Labute approximate surface area is 200 Å². The van der Waals surface area contributed by atoms with Gasteiger partial charge in [-0.15, -0.1) is 0 Å². The third-order valence-corrected chi connectivity index (χ3v) is 7.21. The third kappa shape index (κ3) is 4.52. The molecule has 0 radical (unpaired) electrons. The van der Waals surface area contributed by atoms with E-state index in [0.29, 0.717) is 47.1 Å². The number of nitrogens with zero attached hydrogens (tertiary/aromatic N) is 1. The highest BCUT2D eigenvalue weighted by atomic mass is 79.9. The van der Waals surface area contributed by atoms with Crippen molar-refractivity contribution in [1.29, 1.82) is 0 Å². The molecule has 5 nitrogen and oxygen atoms in total. The SMILES string of the molecule is NCC1CCCC(CNC(=O)c2cc(-c3c[nH]c4ccc(Br)cc34)nc3cc(F)ccc23)C1. The molecule has 2 atom stereocenters. The van der Waals surface area contributed by atoms with Crippen molar-refractivity contribution in [3.05, 3.63) is 64.5 Å². The Morgan fingerprint density at radius 3 is 2.85 bits per heavy atom. The molecule has 2 heterocycles. The van der Waals surface area contributed by atoms with Crippen LogP contribution in [-0.4, -0.2) is 29.0 Å². The number of aromatic amines is 1. The molecule has 0 saturated heterocycles. The van der Waals surface area contributed by atoms with Gasteiger partial charge in [0, 0.05) is 45.1 Å². The summed E-state index contributed by atoms with van der Waals surface area (Å²) in [6.07, 6.45) is 6.36. The second-order valence-corrected chi connectivity index (χ2v) is 9.87.